The summed E-state index contributed by atoms with van der Waals surface area (Å²) in [5.41, 5.74) is 7.13. The van der Waals surface area contributed by atoms with Crippen molar-refractivity contribution in [1.29, 1.82) is 0 Å². The molecule has 0 fully saturated rings. The Labute approximate surface area is 181 Å². The van der Waals surface area contributed by atoms with Crippen LogP contribution in [0.2, 0.25) is 5.02 Å². The summed E-state index contributed by atoms with van der Waals surface area (Å²) in [6.45, 7) is 0.439. The van der Waals surface area contributed by atoms with Gasteiger partial charge < -0.3 is 16.4 Å². The lowest BCUT2D eigenvalue weighted by Gasteiger charge is -2.07. The van der Waals surface area contributed by atoms with E-state index in [4.69, 9.17) is 17.3 Å². The van der Waals surface area contributed by atoms with Crippen LogP contribution in [0.3, 0.4) is 0 Å². The zero-order valence-corrected chi connectivity index (χ0v) is 17.1. The monoisotopic (exact) mass is 454 g/mol. The summed E-state index contributed by atoms with van der Waals surface area (Å²) in [6, 6.07) is 13.4. The molecule has 1 aromatic heterocycles. The van der Waals surface area contributed by atoms with Crippen LogP contribution >= 0.6 is 24.2 Å². The molecule has 2 aromatic carbocycles. The van der Waals surface area contributed by atoms with E-state index in [2.05, 4.69) is 28.2 Å². The van der Waals surface area contributed by atoms with Gasteiger partial charge in [-0.05, 0) is 54.1 Å². The van der Waals surface area contributed by atoms with Crippen LogP contribution in [0.15, 0.2) is 71.9 Å². The second-order valence-electron chi connectivity index (χ2n) is 5.95. The van der Waals surface area contributed by atoms with Crippen molar-refractivity contribution in [3.05, 3.63) is 83.1 Å². The number of nitrogens with two attached hydrogens (primary N) is 1. The minimum Gasteiger partial charge on any atom is -0.399 e. The number of benzene rings is 2. The molecule has 5 nitrogen and oxygen atoms in total. The Bertz CT molecular complexity index is 970. The highest BCUT2D eigenvalue weighted by molar-refractivity contribution is 7.80. The van der Waals surface area contributed by atoms with Gasteiger partial charge in [0.05, 0.1) is 10.6 Å². The molecule has 1 heterocycles. The highest BCUT2D eigenvalue weighted by Gasteiger charge is 2.30. The molecule has 10 heteroatoms. The maximum absolute atomic E-state index is 12.0. The van der Waals surface area contributed by atoms with Gasteiger partial charge in [0.2, 0.25) is 0 Å². The third kappa shape index (κ3) is 7.84. The van der Waals surface area contributed by atoms with Crippen molar-refractivity contribution in [3.63, 3.8) is 0 Å². The van der Waals surface area contributed by atoms with Crippen LogP contribution in [0, 0.1) is 0 Å². The first-order valence-corrected chi connectivity index (χ1v) is 9.32. The minimum atomic E-state index is -4.33. The number of nitrogens with one attached hydrogen (secondary N) is 2. The summed E-state index contributed by atoms with van der Waals surface area (Å²) in [5.74, 6) is 0. The molecule has 0 aliphatic heterocycles. The normalized spacial score (nSPS) is 10.6. The van der Waals surface area contributed by atoms with E-state index in [9.17, 15) is 18.0 Å². The molecule has 30 heavy (non-hydrogen) atoms. The van der Waals surface area contributed by atoms with E-state index in [1.807, 2.05) is 12.1 Å². The Morgan fingerprint density at radius 3 is 2.40 bits per heavy atom. The zero-order valence-electron chi connectivity index (χ0n) is 15.4. The van der Waals surface area contributed by atoms with Gasteiger partial charge in [-0.2, -0.15) is 13.2 Å². The van der Waals surface area contributed by atoms with Gasteiger partial charge in [-0.3, -0.25) is 4.98 Å². The highest BCUT2D eigenvalue weighted by atomic mass is 35.5. The number of amides is 2. The van der Waals surface area contributed by atoms with Gasteiger partial charge in [0.25, 0.3) is 0 Å². The number of anilines is 2. The second-order valence-corrected chi connectivity index (χ2v) is 6.84. The Kier molecular flexibility index (Phi) is 8.37. The first-order chi connectivity index (χ1) is 14.1. The van der Waals surface area contributed by atoms with E-state index in [-0.39, 0.29) is 15.9 Å². The van der Waals surface area contributed by atoms with E-state index in [1.165, 1.54) is 6.07 Å². The van der Waals surface area contributed by atoms with Crippen molar-refractivity contribution in [2.24, 2.45) is 0 Å². The van der Waals surface area contributed by atoms with Crippen LogP contribution in [0.5, 0.6) is 0 Å². The first-order valence-electron chi connectivity index (χ1n) is 8.50. The minimum absolute atomic E-state index is 0.131. The van der Waals surface area contributed by atoms with Crippen LogP contribution < -0.4 is 16.4 Å². The quantitative estimate of drug-likeness (QED) is 0.306. The molecule has 0 unspecified atom stereocenters. The molecule has 0 saturated heterocycles. The van der Waals surface area contributed by atoms with Gasteiger partial charge in [-0.1, -0.05) is 17.7 Å². The topological polar surface area (TPSA) is 80.0 Å². The molecule has 4 N–H and O–H groups in total. The molecule has 0 saturated carbocycles. The summed E-state index contributed by atoms with van der Waals surface area (Å²) in [4.78, 5) is 15.7. The predicted molar refractivity (Wildman–Crippen MR) is 115 cm³/mol. The molecule has 158 valence electrons. The lowest BCUT2D eigenvalue weighted by Crippen LogP contribution is -2.28. The maximum Gasteiger partial charge on any atom is 0.416 e. The number of hydrogen-bond donors (Lipinski definition) is 4. The predicted octanol–water partition coefficient (Wildman–Crippen LogP) is 5.63. The van der Waals surface area contributed by atoms with Gasteiger partial charge in [-0.25, -0.2) is 4.79 Å². The molecular weight excluding hydrogens is 437 g/mol. The molecular formula is C20H18ClF3N4OS. The van der Waals surface area contributed by atoms with Gasteiger partial charge in [0.15, 0.2) is 0 Å². The van der Waals surface area contributed by atoms with Gasteiger partial charge in [0, 0.05) is 35.2 Å². The molecule has 0 radical (unpaired) electrons. The van der Waals surface area contributed by atoms with Crippen LogP contribution in [-0.4, -0.2) is 11.0 Å². The fraction of sp³-hybridized carbons (Fsp3) is 0.100. The number of alkyl halides is 3. The molecule has 0 aliphatic rings. The number of hydrogen-bond acceptors (Lipinski definition) is 4. The summed E-state index contributed by atoms with van der Waals surface area (Å²) < 4.78 is 36.1. The number of thiol groups is 1. The smallest absolute Gasteiger partial charge is 0.399 e. The van der Waals surface area contributed by atoms with E-state index in [1.54, 1.807) is 36.7 Å². The van der Waals surface area contributed by atoms with Gasteiger partial charge in [0.1, 0.15) is 0 Å². The number of urea groups is 1. The van der Waals surface area contributed by atoms with Gasteiger partial charge in [-0.15, -0.1) is 12.6 Å². The van der Waals surface area contributed by atoms with Crippen LogP contribution in [0.25, 0.3) is 0 Å². The van der Waals surface area contributed by atoms with Crippen LogP contribution in [-0.2, 0) is 12.7 Å². The van der Waals surface area contributed by atoms with Gasteiger partial charge >= 0.3 is 12.2 Å². The molecule has 0 bridgehead atoms. The van der Waals surface area contributed by atoms with E-state index in [0.29, 0.717) is 17.9 Å². The molecule has 2 amide bonds. The SMILES string of the molecule is FC(F)(F)c1ccc(Cl)c(S)c1.Nc1ccc(NC(=O)NCc2cccnc2)cc1. The number of pyridine rings is 1. The van der Waals surface area contributed by atoms with E-state index >= 15 is 0 Å². The van der Waals surface area contributed by atoms with Crippen LogP contribution in [0.4, 0.5) is 29.3 Å². The van der Waals surface area contributed by atoms with Crippen molar-refractivity contribution in [3.8, 4) is 0 Å². The standard InChI is InChI=1S/C13H14N4O.C7H4ClF3S/c14-11-3-5-12(6-4-11)17-13(18)16-9-10-2-1-7-15-8-10;8-5-2-1-4(3-6(5)12)7(9,10)11/h1-8H,9,14H2,(H2,16,17,18);1-3,12H. The molecule has 3 rings (SSSR count). The largest absolute Gasteiger partial charge is 0.416 e. The van der Waals surface area contributed by atoms with Crippen molar-refractivity contribution < 1.29 is 18.0 Å². The number of halogens is 4. The van der Waals surface area contributed by atoms with Crippen molar-refractivity contribution in [1.82, 2.24) is 10.3 Å². The average Bonchev–Trinajstić information content (AvgIpc) is 2.71. The number of nitrogen functional groups attached to an aromatic ring is 1. The van der Waals surface area contributed by atoms with Crippen molar-refractivity contribution in [2.45, 2.75) is 17.6 Å². The Hall–Kier alpha value is -2.91. The fourth-order valence-electron chi connectivity index (χ4n) is 2.12. The first kappa shape index (κ1) is 23.4. The number of aromatic nitrogens is 1. The van der Waals surface area contributed by atoms with E-state index in [0.717, 1.165) is 17.7 Å². The third-order valence-corrected chi connectivity index (χ3v) is 4.45. The molecule has 3 aromatic rings. The lowest BCUT2D eigenvalue weighted by atomic mass is 10.2. The highest BCUT2D eigenvalue weighted by Crippen LogP contribution is 2.32. The number of carbonyl (C=O) groups is 1. The number of rotatable bonds is 3. The van der Waals surface area contributed by atoms with Crippen molar-refractivity contribution in [2.75, 3.05) is 11.1 Å². The summed E-state index contributed by atoms with van der Waals surface area (Å²) in [6.07, 6.45) is -0.927. The number of nitrogens with zero attached hydrogens (tertiary/aromatic N) is 1. The second kappa shape index (κ2) is 10.7. The molecule has 0 atom stereocenters. The molecule has 0 aliphatic carbocycles. The van der Waals surface area contributed by atoms with Crippen LogP contribution in [0.1, 0.15) is 11.1 Å². The van der Waals surface area contributed by atoms with Crippen molar-refractivity contribution >= 4 is 41.6 Å². The summed E-state index contributed by atoms with van der Waals surface area (Å²) in [5, 5.41) is 5.67. The van der Waals surface area contributed by atoms with E-state index < -0.39 is 11.7 Å². The number of carbonyl (C=O) groups excluding carboxylic acids is 1. The Morgan fingerprint density at radius 2 is 1.83 bits per heavy atom. The third-order valence-electron chi connectivity index (χ3n) is 3.62. The molecule has 0 spiro atoms. The Balaban J connectivity index is 0.000000232. The summed E-state index contributed by atoms with van der Waals surface area (Å²) in [7, 11) is 0. The average molecular weight is 455 g/mol. The fourth-order valence-corrected chi connectivity index (χ4v) is 2.45. The summed E-state index contributed by atoms with van der Waals surface area (Å²) >= 11 is 9.25. The Morgan fingerprint density at radius 1 is 1.13 bits per heavy atom. The zero-order chi connectivity index (χ0) is 22.1. The maximum atomic E-state index is 12.0. The lowest BCUT2D eigenvalue weighted by molar-refractivity contribution is -0.137.